The molecule has 4 heterocycles. The number of fused-ring (bicyclic) bond motifs is 5. The lowest BCUT2D eigenvalue weighted by molar-refractivity contribution is 0.0331. The Kier molecular flexibility index (Phi) is 7.46. The van der Waals surface area contributed by atoms with Gasteiger partial charge in [-0.05, 0) is 118 Å². The number of hydrogen-bond donors (Lipinski definition) is 0. The second-order valence-corrected chi connectivity index (χ2v) is 18.2. The van der Waals surface area contributed by atoms with Gasteiger partial charge in [0, 0.05) is 40.1 Å². The van der Waals surface area contributed by atoms with Gasteiger partial charge in [-0.3, -0.25) is 9.56 Å². The van der Waals surface area contributed by atoms with Gasteiger partial charge >= 0.3 is 0 Å². The lowest BCUT2D eigenvalue weighted by Crippen LogP contribution is -2.62. The molecule has 2 aromatic heterocycles. The molecule has 5 aromatic rings. The molecule has 3 aliphatic rings. The first kappa shape index (κ1) is 34.0. The smallest absolute Gasteiger partial charge is 0.145 e. The molecule has 1 fully saturated rings. The number of nitrogens with zero attached hydrogens (tertiary/aromatic N) is 4. The van der Waals surface area contributed by atoms with Crippen LogP contribution in [0.1, 0.15) is 126 Å². The predicted octanol–water partition coefficient (Wildman–Crippen LogP) is 11.8. The number of ether oxygens (including phenoxy) is 1. The molecule has 0 unspecified atom stereocenters. The average Bonchev–Trinajstić information content (AvgIpc) is 3.50. The Morgan fingerprint density at radius 2 is 1.45 bits per heavy atom. The first-order chi connectivity index (χ1) is 24.0. The van der Waals surface area contributed by atoms with E-state index in [9.17, 15) is 0 Å². The maximum Gasteiger partial charge on any atom is 0.145 e. The van der Waals surface area contributed by atoms with Crippen LogP contribution in [0.5, 0.6) is 11.5 Å². The van der Waals surface area contributed by atoms with E-state index in [0.717, 1.165) is 39.8 Å². The van der Waals surface area contributed by atoms with Crippen molar-refractivity contribution in [2.24, 2.45) is 10.4 Å². The van der Waals surface area contributed by atoms with Crippen molar-refractivity contribution < 1.29 is 4.74 Å². The summed E-state index contributed by atoms with van der Waals surface area (Å²) < 4.78 is 9.45. The standard InChI is InChI=1S/C46H56N4O/c1-27-21-34-32-19-16-20-35-40(32)49(41(34)47-26-27)37-25-39(30(4)23-36(37)44(35,8)9)51-38-24-33(28(2)22-29(38)3)42-48-46(12,43(5,6)7)45(10,11)50(42)31-17-14-13-15-18-31/h16,19-26,31H,13-15,17-18H2,1-12H3/t46-/m1/s1. The first-order valence-electron chi connectivity index (χ1n) is 19.2. The quantitative estimate of drug-likeness (QED) is 0.190. The van der Waals surface area contributed by atoms with Crippen LogP contribution in [0.25, 0.3) is 27.6 Å². The number of rotatable bonds is 4. The van der Waals surface area contributed by atoms with E-state index in [1.54, 1.807) is 0 Å². The van der Waals surface area contributed by atoms with E-state index in [-0.39, 0.29) is 21.9 Å². The molecule has 2 aliphatic heterocycles. The third kappa shape index (κ3) is 4.78. The van der Waals surface area contributed by atoms with Gasteiger partial charge in [0.1, 0.15) is 23.0 Å². The zero-order valence-electron chi connectivity index (χ0n) is 33.0. The molecule has 0 bridgehead atoms. The van der Waals surface area contributed by atoms with Crippen LogP contribution in [0.4, 0.5) is 0 Å². The summed E-state index contributed by atoms with van der Waals surface area (Å²) in [5, 5.41) is 2.45. The average molecular weight is 681 g/mol. The van der Waals surface area contributed by atoms with Gasteiger partial charge in [-0.25, -0.2) is 4.98 Å². The maximum atomic E-state index is 7.07. The molecule has 0 saturated heterocycles. The van der Waals surface area contributed by atoms with Gasteiger partial charge in [-0.2, -0.15) is 0 Å². The second kappa shape index (κ2) is 11.2. The molecule has 1 saturated carbocycles. The Morgan fingerprint density at radius 3 is 2.16 bits per heavy atom. The fraction of sp³-hybridized carbons (Fsp3) is 0.478. The Balaban J connectivity index is 1.28. The maximum absolute atomic E-state index is 7.07. The van der Waals surface area contributed by atoms with E-state index < -0.39 is 0 Å². The van der Waals surface area contributed by atoms with Crippen LogP contribution in [-0.4, -0.2) is 37.4 Å². The molecular weight excluding hydrogens is 625 g/mol. The monoisotopic (exact) mass is 680 g/mol. The van der Waals surface area contributed by atoms with Crippen molar-refractivity contribution in [2.75, 3.05) is 0 Å². The van der Waals surface area contributed by atoms with Crippen LogP contribution < -0.4 is 4.74 Å². The van der Waals surface area contributed by atoms with Gasteiger partial charge in [-0.1, -0.05) is 78.1 Å². The highest BCUT2D eigenvalue weighted by Crippen LogP contribution is 2.53. The third-order valence-corrected chi connectivity index (χ3v) is 13.4. The number of hydrogen-bond acceptors (Lipinski definition) is 4. The largest absolute Gasteiger partial charge is 0.457 e. The highest BCUT2D eigenvalue weighted by Gasteiger charge is 2.59. The number of para-hydroxylation sites is 1. The topological polar surface area (TPSA) is 42.6 Å². The predicted molar refractivity (Wildman–Crippen MR) is 213 cm³/mol. The van der Waals surface area contributed by atoms with Crippen molar-refractivity contribution in [2.45, 2.75) is 138 Å². The minimum Gasteiger partial charge on any atom is -0.457 e. The molecule has 8 rings (SSSR count). The van der Waals surface area contributed by atoms with Gasteiger partial charge in [0.2, 0.25) is 0 Å². The van der Waals surface area contributed by atoms with Crippen molar-refractivity contribution in [1.82, 2.24) is 14.5 Å². The summed E-state index contributed by atoms with van der Waals surface area (Å²) in [4.78, 5) is 13.5. The molecule has 5 nitrogen and oxygen atoms in total. The van der Waals surface area contributed by atoms with Gasteiger partial charge in [0.05, 0.1) is 22.3 Å². The summed E-state index contributed by atoms with van der Waals surface area (Å²) >= 11 is 0. The fourth-order valence-corrected chi connectivity index (χ4v) is 9.85. The lowest BCUT2D eigenvalue weighted by Gasteiger charge is -2.52. The summed E-state index contributed by atoms with van der Waals surface area (Å²) in [6.45, 7) is 27.7. The number of pyridine rings is 1. The summed E-state index contributed by atoms with van der Waals surface area (Å²) in [6, 6.07) is 18.7. The van der Waals surface area contributed by atoms with Crippen molar-refractivity contribution in [3.63, 3.8) is 0 Å². The van der Waals surface area contributed by atoms with Gasteiger partial charge in [0.25, 0.3) is 0 Å². The number of aryl methyl sites for hydroxylation is 4. The zero-order valence-corrected chi connectivity index (χ0v) is 33.0. The normalized spacial score (nSPS) is 21.3. The molecule has 5 heteroatoms. The summed E-state index contributed by atoms with van der Waals surface area (Å²) in [5.74, 6) is 2.90. The van der Waals surface area contributed by atoms with Crippen molar-refractivity contribution in [3.8, 4) is 17.2 Å². The highest BCUT2D eigenvalue weighted by atomic mass is 16.5. The number of benzene rings is 3. The third-order valence-electron chi connectivity index (χ3n) is 13.4. The molecule has 51 heavy (non-hydrogen) atoms. The molecule has 0 radical (unpaired) electrons. The van der Waals surface area contributed by atoms with E-state index >= 15 is 0 Å². The van der Waals surface area contributed by atoms with Crippen molar-refractivity contribution in [1.29, 1.82) is 0 Å². The summed E-state index contributed by atoms with van der Waals surface area (Å²) in [6.07, 6.45) is 8.34. The molecule has 3 aromatic carbocycles. The highest BCUT2D eigenvalue weighted by molar-refractivity contribution is 6.10. The van der Waals surface area contributed by atoms with Crippen LogP contribution in [0.15, 0.2) is 59.7 Å². The van der Waals surface area contributed by atoms with Crippen molar-refractivity contribution in [3.05, 3.63) is 93.7 Å². The zero-order chi connectivity index (χ0) is 36.4. The molecule has 1 atom stereocenters. The molecular formula is C46H56N4O. The van der Waals surface area contributed by atoms with Gasteiger partial charge < -0.3 is 9.64 Å². The summed E-state index contributed by atoms with van der Waals surface area (Å²) in [5.41, 5.74) is 11.3. The number of amidine groups is 1. The van der Waals surface area contributed by atoms with Crippen LogP contribution in [-0.2, 0) is 5.41 Å². The van der Waals surface area contributed by atoms with E-state index in [1.807, 2.05) is 6.20 Å². The van der Waals surface area contributed by atoms with Crippen LogP contribution in [0.2, 0.25) is 0 Å². The Bertz CT molecular complexity index is 2270. The number of aromatic nitrogens is 2. The fourth-order valence-electron chi connectivity index (χ4n) is 9.85. The first-order valence-corrected chi connectivity index (χ1v) is 19.2. The molecule has 0 N–H and O–H groups in total. The van der Waals surface area contributed by atoms with Gasteiger partial charge in [0.15, 0.2) is 0 Å². The van der Waals surface area contributed by atoms with Gasteiger partial charge in [-0.15, -0.1) is 0 Å². The van der Waals surface area contributed by atoms with Crippen molar-refractivity contribution >= 4 is 27.8 Å². The number of aliphatic imine (C=N–C) groups is 1. The Labute approximate surface area is 305 Å². The molecule has 1 aliphatic carbocycles. The van der Waals surface area contributed by atoms with E-state index in [1.165, 1.54) is 76.2 Å². The van der Waals surface area contributed by atoms with Crippen LogP contribution in [0, 0.1) is 33.1 Å². The minimum absolute atomic E-state index is 0.0165. The van der Waals surface area contributed by atoms with Crippen LogP contribution >= 0.6 is 0 Å². The lowest BCUT2D eigenvalue weighted by atomic mass is 9.64. The van der Waals surface area contributed by atoms with E-state index in [4.69, 9.17) is 14.7 Å². The van der Waals surface area contributed by atoms with E-state index in [2.05, 4.69) is 141 Å². The molecule has 266 valence electrons. The Morgan fingerprint density at radius 1 is 0.765 bits per heavy atom. The molecule has 0 spiro atoms. The second-order valence-electron chi connectivity index (χ2n) is 18.2. The molecule has 0 amide bonds. The minimum atomic E-state index is -0.263. The summed E-state index contributed by atoms with van der Waals surface area (Å²) in [7, 11) is 0. The van der Waals surface area contributed by atoms with E-state index in [0.29, 0.717) is 6.04 Å². The van der Waals surface area contributed by atoms with Crippen LogP contribution in [0.3, 0.4) is 0 Å². The Hall–Kier alpha value is -4.12. The SMILES string of the molecule is Cc1cnc2c(c1)c1cccc3c1n2-c1cc(Oc2cc(C4=N[C@](C)(C(C)(C)C)C(C)(C)N4C4CCCCC4)c(C)cc2C)c(C)cc1C3(C)C.